The number of hydroxylamine groups is 1. The predicted molar refractivity (Wildman–Crippen MR) is 503 cm³/mol. The van der Waals surface area contributed by atoms with E-state index < -0.39 is 150 Å². The van der Waals surface area contributed by atoms with Gasteiger partial charge in [0.25, 0.3) is 11.8 Å². The van der Waals surface area contributed by atoms with E-state index in [1.807, 2.05) is 43.4 Å². The van der Waals surface area contributed by atoms with E-state index in [0.29, 0.717) is 115 Å². The average Bonchev–Trinajstić information content (AvgIpc) is 0.971. The van der Waals surface area contributed by atoms with Gasteiger partial charge in [-0.05, 0) is 95.2 Å². The van der Waals surface area contributed by atoms with Crippen LogP contribution in [0.3, 0.4) is 0 Å². The van der Waals surface area contributed by atoms with E-state index in [-0.39, 0.29) is 164 Å². The van der Waals surface area contributed by atoms with Crippen LogP contribution in [0.1, 0.15) is 105 Å². The summed E-state index contributed by atoms with van der Waals surface area (Å²) in [6.07, 6.45) is -12.6. The monoisotopic (exact) mass is 2100 g/mol. The Bertz CT molecular complexity index is 4330. The number of hydrogen-bond donors (Lipinski definition) is 12. The molecule has 7 amide bonds. The van der Waals surface area contributed by atoms with Gasteiger partial charge in [-0.25, -0.2) is 4.79 Å². The molecule has 0 radical (unpaired) electrons. The number of aliphatic hydroxyl groups excluding tert-OH is 5. The third-order valence-electron chi connectivity index (χ3n) is 22.5. The fourth-order valence-corrected chi connectivity index (χ4v) is 19.6. The van der Waals surface area contributed by atoms with Crippen molar-refractivity contribution in [1.29, 1.82) is 0 Å². The third-order valence-corrected chi connectivity index (χ3v) is 28.5. The van der Waals surface area contributed by atoms with Crippen molar-refractivity contribution in [2.75, 3.05) is 186 Å². The van der Waals surface area contributed by atoms with Crippen LogP contribution in [0.15, 0.2) is 47.2 Å². The van der Waals surface area contributed by atoms with Crippen LogP contribution in [0, 0.1) is 34.2 Å². The normalized spacial score (nSPS) is 27.4. The molecule has 5 heterocycles. The number of amides is 7. The fraction of sp³-hybridized carbons (Fsp3) is 0.700. The Morgan fingerprint density at radius 1 is 0.676 bits per heavy atom. The standard InChI is InChI=1S/C90H134IN7O35S3/c1-14-97(57(6)99)59-52-126-69(50-63(59)113-9)131-82-77(108)74(96-133-70-49-60(100)84(56(5)127-70)135-85(110)71-53(2)73(91)80(83(116-12)79(71)114-10)132-86-78(109)81(115-11)76(107)55(4)129-86)54(3)128-87(82)130-62-19-17-15-16-18-26-90(112)51-61(101)75(95-88(111)117-13)72(62)58(90)25-48-134-136-89(7,8)27-22-64(102)92-28-29-93-66(104)24-32-118-34-36-120-38-40-122-42-44-124-46-47-125-45-43-123-41-39-121-37-35-119-33-30-94-65(103)23-31-98-67(105)20-21-68(98)106/h15-16,20-21,25,54-56,59-60,62-63,69-70,74,76-78,81-82,84,86-87,96,100,107-110,112,135H,14,22-24,27-52H2,1-13H3,(H,92,102)(H,93,104)(H,94,103)(H,95,111)/b16-15-,58-25+/t54-,55+,56-,59+,60+,62+,63+,69+,70+,74-,76+,77+,78-,81-,82-,84-,86+,87+,90+/m1/s1. The highest BCUT2D eigenvalue weighted by Crippen LogP contribution is 2.49. The Morgan fingerprint density at radius 3 is 1.82 bits per heavy atom. The number of rotatable bonds is 58. The van der Waals surface area contributed by atoms with Crippen LogP contribution in [0.4, 0.5) is 4.79 Å². The third kappa shape index (κ3) is 34.9. The van der Waals surface area contributed by atoms with Crippen LogP contribution in [-0.2, 0) is 119 Å². The van der Waals surface area contributed by atoms with E-state index >= 15 is 0 Å². The molecule has 0 spiro atoms. The number of aliphatic hydroxyl groups is 6. The summed E-state index contributed by atoms with van der Waals surface area (Å²) in [5.41, 5.74) is 0.941. The molecule has 19 atom stereocenters. The Labute approximate surface area is 817 Å². The molecule has 0 unspecified atom stereocenters. The van der Waals surface area contributed by atoms with Crippen LogP contribution in [0.5, 0.6) is 17.2 Å². The predicted octanol–water partition coefficient (Wildman–Crippen LogP) is 1.55. The Morgan fingerprint density at radius 2 is 1.25 bits per heavy atom. The van der Waals surface area contributed by atoms with E-state index in [9.17, 15) is 69.0 Å². The first-order valence-electron chi connectivity index (χ1n) is 45.0. The first kappa shape index (κ1) is 115. The van der Waals surface area contributed by atoms with Gasteiger partial charge in [0.1, 0.15) is 41.7 Å². The molecule has 2 aliphatic carbocycles. The number of thiol groups is 1. The van der Waals surface area contributed by atoms with Crippen LogP contribution >= 0.6 is 55.5 Å². The van der Waals surface area contributed by atoms with Crippen LogP contribution in [0.2, 0.25) is 0 Å². The molecule has 46 heteroatoms. The van der Waals surface area contributed by atoms with Crippen molar-refractivity contribution in [2.24, 2.45) is 0 Å². The first-order valence-corrected chi connectivity index (χ1v) is 49.3. The molecule has 764 valence electrons. The molecular formula is C90H134IN7O35S3. The smallest absolute Gasteiger partial charge is 0.411 e. The van der Waals surface area contributed by atoms with Gasteiger partial charge in [-0.3, -0.25) is 48.6 Å². The van der Waals surface area contributed by atoms with Gasteiger partial charge in [0, 0.05) is 120 Å². The number of nitrogens with zero attached hydrogens (tertiary/aromatic N) is 2. The number of hydrogen-bond acceptors (Lipinski definition) is 37. The summed E-state index contributed by atoms with van der Waals surface area (Å²) < 4.78 is 117. The van der Waals surface area contributed by atoms with Crippen molar-refractivity contribution in [3.8, 4) is 40.9 Å². The average molecular weight is 2100 g/mol. The number of imide groups is 1. The summed E-state index contributed by atoms with van der Waals surface area (Å²) in [7, 11) is 9.49. The highest BCUT2D eigenvalue weighted by molar-refractivity contribution is 14.1. The molecule has 0 saturated carbocycles. The largest absolute Gasteiger partial charge is 0.492 e. The van der Waals surface area contributed by atoms with Gasteiger partial charge in [0.15, 0.2) is 41.8 Å². The maximum atomic E-state index is 14.6. The highest BCUT2D eigenvalue weighted by Gasteiger charge is 2.53. The number of carbonyl (C=O) groups is 8. The molecule has 4 fully saturated rings. The molecule has 7 aliphatic rings. The quantitative estimate of drug-likeness (QED) is 0.00643. The van der Waals surface area contributed by atoms with Gasteiger partial charge in [0.2, 0.25) is 35.7 Å². The summed E-state index contributed by atoms with van der Waals surface area (Å²) in [5, 5.41) is 81.3. The number of fused-ring (bicyclic) bond motifs is 2. The number of ether oxygens (including phenoxy) is 20. The van der Waals surface area contributed by atoms with E-state index in [4.69, 9.17) is 99.6 Å². The van der Waals surface area contributed by atoms with Crippen molar-refractivity contribution in [1.82, 2.24) is 36.5 Å². The van der Waals surface area contributed by atoms with Crippen LogP contribution in [-0.4, -0.2) is 399 Å². The lowest BCUT2D eigenvalue weighted by Gasteiger charge is -2.47. The second-order valence-electron chi connectivity index (χ2n) is 32.6. The Hall–Kier alpha value is -6.65. The van der Waals surface area contributed by atoms with E-state index in [2.05, 4.69) is 50.4 Å². The lowest BCUT2D eigenvalue weighted by Crippen LogP contribution is -2.65. The minimum atomic E-state index is -2.23. The van der Waals surface area contributed by atoms with Crippen molar-refractivity contribution < 1.29 is 169 Å². The van der Waals surface area contributed by atoms with Crippen LogP contribution in [0.25, 0.3) is 0 Å². The number of Topliss-reactive ketones (excluding diaryl/α,β-unsaturated/α-hetero) is 1. The maximum absolute atomic E-state index is 14.6. The molecular weight excluding hydrogens is 1960 g/mol. The summed E-state index contributed by atoms with van der Waals surface area (Å²) in [5.74, 6) is 9.30. The second kappa shape index (κ2) is 59.3. The molecule has 0 aromatic heterocycles. The highest BCUT2D eigenvalue weighted by atomic mass is 127. The van der Waals surface area contributed by atoms with Crippen molar-refractivity contribution in [3.63, 3.8) is 0 Å². The molecule has 11 N–H and O–H groups in total. The number of halogens is 1. The van der Waals surface area contributed by atoms with E-state index in [0.717, 1.165) is 12.0 Å². The zero-order chi connectivity index (χ0) is 99.0. The SMILES string of the molecule is CCN(C(C)=O)[C@H]1CO[C@@H](O[C@H]2[C@H](O[C@H]3C#C/C=C\C#C[C@]4(O)CC(=O)C(NC(=O)OC)=C3/C4=C\CSSC(C)(C)CCC(=O)NCCNC(=O)CCOCCOCCOCCOCCOCCOCCOCCOCCNC(=O)CCN3C(=O)C=CC3=O)O[C@H](C)[C@@H](NO[C@H]3C[C@H](O)[C@H]([SH]=C(O)c4c(C)c(I)c(O[C@@H]5O[C@@H](C)[C@H](O)[C@@H](OC)[C@H]5O)c(OC)c4OC)[C@@H](C)O3)[C@@H]2O)C[C@@H]1OC. The summed E-state index contributed by atoms with van der Waals surface area (Å²) in [4.78, 5) is 110. The van der Waals surface area contributed by atoms with Gasteiger partial charge in [-0.15, -0.1) is 0 Å². The summed E-state index contributed by atoms with van der Waals surface area (Å²) in [6.45, 7) is 20.3. The van der Waals surface area contributed by atoms with Gasteiger partial charge < -0.3 is 146 Å². The molecule has 1 aromatic rings. The van der Waals surface area contributed by atoms with Crippen LogP contribution < -0.4 is 41.0 Å². The van der Waals surface area contributed by atoms with Gasteiger partial charge in [0.05, 0.1) is 203 Å². The topological polar surface area (TPSA) is 518 Å². The molecule has 4 saturated heterocycles. The number of benzene rings is 1. The number of ketones is 1. The number of likely N-dealkylation sites (N-methyl/N-ethyl adjacent to an activating group) is 1. The van der Waals surface area contributed by atoms with Gasteiger partial charge >= 0.3 is 6.09 Å². The zero-order valence-corrected chi connectivity index (χ0v) is 83.7. The Balaban J connectivity index is 0.778. The number of nitrogens with one attached hydrogen (secondary N) is 5. The van der Waals surface area contributed by atoms with Gasteiger partial charge in [-0.1, -0.05) is 51.3 Å². The van der Waals surface area contributed by atoms with Gasteiger partial charge in [-0.2, -0.15) is 16.8 Å². The van der Waals surface area contributed by atoms with Crippen molar-refractivity contribution >= 4 is 108 Å². The van der Waals surface area contributed by atoms with E-state index in [1.54, 1.807) is 38.7 Å². The fourth-order valence-electron chi connectivity index (χ4n) is 15.3. The van der Waals surface area contributed by atoms with E-state index in [1.165, 1.54) is 81.3 Å². The second-order valence-corrected chi connectivity index (χ2v) is 38.0. The van der Waals surface area contributed by atoms with Crippen molar-refractivity contribution in [2.45, 2.75) is 220 Å². The molecule has 2 bridgehead atoms. The summed E-state index contributed by atoms with van der Waals surface area (Å²) in [6, 6.07) is -1.73. The number of methoxy groups -OCH3 is 5. The zero-order valence-electron chi connectivity index (χ0n) is 79.1. The molecule has 8 rings (SSSR count). The molecule has 42 nitrogen and oxygen atoms in total. The number of allylic oxidation sites excluding steroid dienone is 3. The number of alkyl carbamates (subject to hydrolysis) is 1. The lowest BCUT2D eigenvalue weighted by atomic mass is 9.75. The molecule has 1 aromatic carbocycles. The summed E-state index contributed by atoms with van der Waals surface area (Å²) >= 11 is 2.22. The molecule has 5 aliphatic heterocycles. The number of carbonyl (C=O) groups excluding carboxylic acids is 8. The maximum Gasteiger partial charge on any atom is 0.411 e. The lowest BCUT2D eigenvalue weighted by molar-refractivity contribution is -0.337. The Kier molecular flexibility index (Phi) is 50.0. The minimum Gasteiger partial charge on any atom is -0.492 e. The molecule has 136 heavy (non-hydrogen) atoms. The minimum absolute atomic E-state index is 0.0172. The van der Waals surface area contributed by atoms with Crippen molar-refractivity contribution in [3.05, 3.63) is 61.9 Å². The first-order chi connectivity index (χ1) is 65.2.